The maximum Gasteiger partial charge on any atom is 0.272 e. The van der Waals surface area contributed by atoms with Gasteiger partial charge in [-0.3, -0.25) is 14.7 Å². The number of aromatic amines is 1. The lowest BCUT2D eigenvalue weighted by Gasteiger charge is -2.05. The average Bonchev–Trinajstić information content (AvgIpc) is 3.29. The zero-order valence-electron chi connectivity index (χ0n) is 14.8. The molecular weight excluding hydrogens is 412 g/mol. The largest absolute Gasteiger partial charge is 0.441 e. The number of aromatic nitrogens is 3. The Kier molecular flexibility index (Phi) is 5.89. The minimum Gasteiger partial charge on any atom is -0.441 e. The first-order chi connectivity index (χ1) is 13.8. The second-order valence-corrected chi connectivity index (χ2v) is 6.23. The number of aliphatic hydroxyl groups is 1. The molecule has 0 radical (unpaired) electrons. The molecule has 0 fully saturated rings. The summed E-state index contributed by atoms with van der Waals surface area (Å²) in [5.41, 5.74) is 0.190. The Labute approximate surface area is 167 Å². The summed E-state index contributed by atoms with van der Waals surface area (Å²) in [6.45, 7) is 1.31. The fourth-order valence-corrected chi connectivity index (χ4v) is 2.60. The van der Waals surface area contributed by atoms with Crippen molar-refractivity contribution in [1.29, 1.82) is 0 Å². The first-order valence-electron chi connectivity index (χ1n) is 8.14. The molecule has 4 N–H and O–H groups in total. The number of nitrogens with one attached hydrogen (secondary N) is 3. The zero-order valence-corrected chi connectivity index (χ0v) is 15.6. The molecule has 2 heterocycles. The van der Waals surface area contributed by atoms with Crippen molar-refractivity contribution in [2.75, 3.05) is 5.32 Å². The predicted octanol–water partition coefficient (Wildman–Crippen LogP) is 2.31. The van der Waals surface area contributed by atoms with Gasteiger partial charge in [-0.2, -0.15) is 5.10 Å². The van der Waals surface area contributed by atoms with E-state index in [9.17, 15) is 18.4 Å². The Hall–Kier alpha value is -3.31. The van der Waals surface area contributed by atoms with Crippen LogP contribution in [0.4, 0.5) is 14.6 Å². The molecule has 0 spiro atoms. The number of benzene rings is 1. The number of amides is 2. The Morgan fingerprint density at radius 1 is 1.24 bits per heavy atom. The van der Waals surface area contributed by atoms with Crippen LogP contribution in [0.25, 0.3) is 0 Å². The number of carbonyl (C=O) groups is 2. The van der Waals surface area contributed by atoms with Gasteiger partial charge in [0.2, 0.25) is 5.89 Å². The Morgan fingerprint density at radius 3 is 2.66 bits per heavy atom. The van der Waals surface area contributed by atoms with Crippen LogP contribution in [0, 0.1) is 18.6 Å². The third-order valence-electron chi connectivity index (χ3n) is 3.80. The maximum atomic E-state index is 13.3. The van der Waals surface area contributed by atoms with Crippen LogP contribution in [0.3, 0.4) is 0 Å². The standard InChI is InChI=1S/C17H14ClF2N5O4/c1-7-13(29-15(6-26)22-7)5-21-17(28)12-4-14(25-24-12)23-16(27)8-2-10(19)11(20)3-9(8)18/h2-4,26H,5-6H2,1H3,(H,21,28)(H2,23,24,25,27). The van der Waals surface area contributed by atoms with Crippen molar-refractivity contribution in [1.82, 2.24) is 20.5 Å². The van der Waals surface area contributed by atoms with Gasteiger partial charge in [0.15, 0.2) is 17.3 Å². The van der Waals surface area contributed by atoms with Crippen molar-refractivity contribution in [3.63, 3.8) is 0 Å². The highest BCUT2D eigenvalue weighted by Gasteiger charge is 2.18. The van der Waals surface area contributed by atoms with Gasteiger partial charge >= 0.3 is 0 Å². The highest BCUT2D eigenvalue weighted by Crippen LogP contribution is 2.21. The van der Waals surface area contributed by atoms with E-state index in [0.29, 0.717) is 23.6 Å². The lowest BCUT2D eigenvalue weighted by atomic mass is 10.2. The van der Waals surface area contributed by atoms with E-state index in [1.165, 1.54) is 6.07 Å². The number of aliphatic hydroxyl groups excluding tert-OH is 1. The average molecular weight is 426 g/mol. The zero-order chi connectivity index (χ0) is 21.1. The Balaban J connectivity index is 1.64. The molecule has 0 aliphatic heterocycles. The van der Waals surface area contributed by atoms with Crippen molar-refractivity contribution < 1.29 is 27.9 Å². The lowest BCUT2D eigenvalue weighted by Crippen LogP contribution is -2.23. The van der Waals surface area contributed by atoms with E-state index in [2.05, 4.69) is 25.8 Å². The predicted molar refractivity (Wildman–Crippen MR) is 96.2 cm³/mol. The molecule has 12 heteroatoms. The van der Waals surface area contributed by atoms with E-state index in [-0.39, 0.29) is 41.1 Å². The number of carbonyl (C=O) groups excluding carboxylic acids is 2. The number of oxazole rings is 1. The van der Waals surface area contributed by atoms with E-state index >= 15 is 0 Å². The summed E-state index contributed by atoms with van der Waals surface area (Å²) in [6, 6.07) is 2.59. The summed E-state index contributed by atoms with van der Waals surface area (Å²) in [7, 11) is 0. The van der Waals surface area contributed by atoms with Crippen LogP contribution in [0.1, 0.15) is 38.2 Å². The smallest absolute Gasteiger partial charge is 0.272 e. The first-order valence-corrected chi connectivity index (χ1v) is 8.51. The van der Waals surface area contributed by atoms with Gasteiger partial charge in [0.05, 0.1) is 22.8 Å². The normalized spacial score (nSPS) is 10.8. The van der Waals surface area contributed by atoms with Crippen molar-refractivity contribution >= 4 is 29.2 Å². The fourth-order valence-electron chi connectivity index (χ4n) is 2.36. The summed E-state index contributed by atoms with van der Waals surface area (Å²) in [5, 5.41) is 19.8. The van der Waals surface area contributed by atoms with Crippen molar-refractivity contribution in [3.8, 4) is 0 Å². The molecule has 0 unspecified atom stereocenters. The van der Waals surface area contributed by atoms with Gasteiger partial charge in [-0.15, -0.1) is 0 Å². The molecule has 9 nitrogen and oxygen atoms in total. The molecule has 152 valence electrons. The van der Waals surface area contributed by atoms with E-state index < -0.39 is 23.4 Å². The summed E-state index contributed by atoms with van der Waals surface area (Å²) < 4.78 is 31.7. The number of aryl methyl sites for hydroxylation is 1. The van der Waals surface area contributed by atoms with Gasteiger partial charge in [-0.05, 0) is 19.1 Å². The number of halogens is 3. The third-order valence-corrected chi connectivity index (χ3v) is 4.11. The number of nitrogens with zero attached hydrogens (tertiary/aromatic N) is 2. The molecule has 2 amide bonds. The summed E-state index contributed by atoms with van der Waals surface area (Å²) in [5.74, 6) is -3.25. The van der Waals surface area contributed by atoms with E-state index in [1.807, 2.05) is 0 Å². The monoisotopic (exact) mass is 425 g/mol. The molecule has 2 aromatic heterocycles. The van der Waals surface area contributed by atoms with Crippen molar-refractivity contribution in [2.24, 2.45) is 0 Å². The molecule has 0 aliphatic carbocycles. The Morgan fingerprint density at radius 2 is 1.97 bits per heavy atom. The van der Waals surface area contributed by atoms with E-state index in [1.54, 1.807) is 6.92 Å². The van der Waals surface area contributed by atoms with Gasteiger partial charge in [0.1, 0.15) is 18.2 Å². The highest BCUT2D eigenvalue weighted by molar-refractivity contribution is 6.34. The van der Waals surface area contributed by atoms with Crippen LogP contribution in [-0.2, 0) is 13.2 Å². The number of anilines is 1. The van der Waals surface area contributed by atoms with Crippen LogP contribution in [0.2, 0.25) is 5.02 Å². The van der Waals surface area contributed by atoms with E-state index in [0.717, 1.165) is 0 Å². The van der Waals surface area contributed by atoms with Crippen molar-refractivity contribution in [3.05, 3.63) is 63.5 Å². The minimum atomic E-state index is -1.23. The topological polar surface area (TPSA) is 133 Å². The molecule has 0 atom stereocenters. The fraction of sp³-hybridized carbons (Fsp3) is 0.176. The lowest BCUT2D eigenvalue weighted by molar-refractivity contribution is 0.0941. The van der Waals surface area contributed by atoms with E-state index in [4.69, 9.17) is 21.1 Å². The summed E-state index contributed by atoms with van der Waals surface area (Å²) in [4.78, 5) is 28.3. The van der Waals surface area contributed by atoms with Gasteiger partial charge in [-0.25, -0.2) is 13.8 Å². The molecule has 3 rings (SSSR count). The number of H-pyrrole nitrogens is 1. The van der Waals surface area contributed by atoms with Crippen LogP contribution < -0.4 is 10.6 Å². The first kappa shape index (κ1) is 20.4. The third kappa shape index (κ3) is 4.58. The van der Waals surface area contributed by atoms with Gasteiger partial charge in [0, 0.05) is 6.07 Å². The van der Waals surface area contributed by atoms with Crippen LogP contribution in [0.15, 0.2) is 22.6 Å². The molecule has 0 saturated heterocycles. The number of rotatable bonds is 6. The van der Waals surface area contributed by atoms with Crippen LogP contribution >= 0.6 is 11.6 Å². The molecule has 29 heavy (non-hydrogen) atoms. The van der Waals surface area contributed by atoms with Crippen molar-refractivity contribution in [2.45, 2.75) is 20.1 Å². The highest BCUT2D eigenvalue weighted by atomic mass is 35.5. The number of hydrogen-bond acceptors (Lipinski definition) is 6. The molecule has 0 aliphatic rings. The second kappa shape index (κ2) is 8.37. The molecule has 0 saturated carbocycles. The maximum absolute atomic E-state index is 13.3. The molecule has 1 aromatic carbocycles. The molecular formula is C17H14ClF2N5O4. The Bertz CT molecular complexity index is 1080. The minimum absolute atomic E-state index is 0.0106. The SMILES string of the molecule is Cc1nc(CO)oc1CNC(=O)c1cc(NC(=O)c2cc(F)c(F)cc2Cl)[nH]n1. The number of hydrogen-bond donors (Lipinski definition) is 4. The summed E-state index contributed by atoms with van der Waals surface area (Å²) >= 11 is 5.76. The van der Waals surface area contributed by atoms with Gasteiger partial charge < -0.3 is 20.2 Å². The quantitative estimate of drug-likeness (QED) is 0.448. The summed E-state index contributed by atoms with van der Waals surface area (Å²) in [6.07, 6.45) is 0. The van der Waals surface area contributed by atoms with Gasteiger partial charge in [-0.1, -0.05) is 11.6 Å². The molecule has 0 bridgehead atoms. The van der Waals surface area contributed by atoms with Crippen LogP contribution in [0.5, 0.6) is 0 Å². The van der Waals surface area contributed by atoms with Crippen LogP contribution in [-0.4, -0.2) is 32.1 Å². The second-order valence-electron chi connectivity index (χ2n) is 5.82. The molecule has 3 aromatic rings. The van der Waals surface area contributed by atoms with Gasteiger partial charge in [0.25, 0.3) is 11.8 Å².